The molecule has 1 fully saturated rings. The average Bonchev–Trinajstić information content (AvgIpc) is 2.87. The minimum absolute atomic E-state index is 0.0126. The fraction of sp³-hybridized carbons (Fsp3) is 0.600. The second-order valence-corrected chi connectivity index (χ2v) is 5.72. The van der Waals surface area contributed by atoms with E-state index in [1.54, 1.807) is 7.11 Å². The van der Waals surface area contributed by atoms with Crippen molar-refractivity contribution >= 4 is 11.6 Å². The second-order valence-electron chi connectivity index (χ2n) is 5.29. The van der Waals surface area contributed by atoms with E-state index >= 15 is 0 Å². The van der Waals surface area contributed by atoms with Crippen LogP contribution in [0, 0.1) is 5.41 Å². The summed E-state index contributed by atoms with van der Waals surface area (Å²) in [5.41, 5.74) is 7.82. The van der Waals surface area contributed by atoms with Gasteiger partial charge in [0.2, 0.25) is 0 Å². The largest absolute Gasteiger partial charge is 0.496 e. The van der Waals surface area contributed by atoms with Gasteiger partial charge >= 0.3 is 0 Å². The van der Waals surface area contributed by atoms with Gasteiger partial charge in [-0.15, -0.1) is 0 Å². The second kappa shape index (κ2) is 5.50. The summed E-state index contributed by atoms with van der Waals surface area (Å²) in [6, 6.07) is 5.74. The zero-order valence-corrected chi connectivity index (χ0v) is 12.0. The van der Waals surface area contributed by atoms with Gasteiger partial charge in [-0.25, -0.2) is 0 Å². The zero-order valence-electron chi connectivity index (χ0n) is 11.2. The lowest BCUT2D eigenvalue weighted by Gasteiger charge is -2.35. The lowest BCUT2D eigenvalue weighted by molar-refractivity contribution is 0.218. The van der Waals surface area contributed by atoms with E-state index in [1.165, 1.54) is 25.7 Å². The molecule has 2 rings (SSSR count). The number of ether oxygens (including phenoxy) is 1. The summed E-state index contributed by atoms with van der Waals surface area (Å²) in [6.07, 6.45) is 6.10. The minimum Gasteiger partial charge on any atom is -0.496 e. The predicted molar refractivity (Wildman–Crippen MR) is 76.1 cm³/mol. The van der Waals surface area contributed by atoms with Crippen LogP contribution in [-0.2, 0) is 0 Å². The Hall–Kier alpha value is -0.730. The maximum Gasteiger partial charge on any atom is 0.123 e. The van der Waals surface area contributed by atoms with Crippen molar-refractivity contribution in [1.82, 2.24) is 0 Å². The summed E-state index contributed by atoms with van der Waals surface area (Å²) in [6.45, 7) is 2.24. The van der Waals surface area contributed by atoms with Gasteiger partial charge in [-0.1, -0.05) is 31.4 Å². The van der Waals surface area contributed by atoms with Gasteiger partial charge in [-0.05, 0) is 42.9 Å². The van der Waals surface area contributed by atoms with E-state index in [9.17, 15) is 0 Å². The Bertz CT molecular complexity index is 413. The molecule has 1 atom stereocenters. The molecule has 0 aromatic heterocycles. The van der Waals surface area contributed by atoms with Crippen molar-refractivity contribution in [2.45, 2.75) is 45.1 Å². The Morgan fingerprint density at radius 3 is 2.61 bits per heavy atom. The first-order valence-electron chi connectivity index (χ1n) is 6.72. The maximum absolute atomic E-state index is 6.55. The molecule has 1 unspecified atom stereocenters. The number of nitrogens with two attached hydrogens (primary N) is 1. The highest BCUT2D eigenvalue weighted by Crippen LogP contribution is 2.50. The molecule has 2 nitrogen and oxygen atoms in total. The lowest BCUT2D eigenvalue weighted by Crippen LogP contribution is -2.32. The molecule has 1 aromatic carbocycles. The van der Waals surface area contributed by atoms with E-state index in [0.717, 1.165) is 22.8 Å². The summed E-state index contributed by atoms with van der Waals surface area (Å²) in [4.78, 5) is 0. The van der Waals surface area contributed by atoms with Crippen LogP contribution < -0.4 is 10.5 Å². The summed E-state index contributed by atoms with van der Waals surface area (Å²) in [7, 11) is 1.69. The quantitative estimate of drug-likeness (QED) is 0.882. The predicted octanol–water partition coefficient (Wildman–Crippen LogP) is 4.32. The Labute approximate surface area is 114 Å². The van der Waals surface area contributed by atoms with E-state index in [0.29, 0.717) is 0 Å². The number of hydrogen-bond acceptors (Lipinski definition) is 2. The molecule has 3 heteroatoms. The monoisotopic (exact) mass is 267 g/mol. The highest BCUT2D eigenvalue weighted by atomic mass is 35.5. The molecule has 0 aliphatic heterocycles. The third kappa shape index (κ3) is 2.36. The van der Waals surface area contributed by atoms with E-state index < -0.39 is 0 Å². The highest BCUT2D eigenvalue weighted by Gasteiger charge is 2.39. The van der Waals surface area contributed by atoms with E-state index in [4.69, 9.17) is 22.1 Å². The number of rotatable bonds is 4. The molecule has 1 aromatic rings. The minimum atomic E-state index is 0.0126. The van der Waals surface area contributed by atoms with Crippen molar-refractivity contribution in [3.05, 3.63) is 28.8 Å². The smallest absolute Gasteiger partial charge is 0.123 e. The van der Waals surface area contributed by atoms with Crippen LogP contribution in [0.1, 0.15) is 50.6 Å². The summed E-state index contributed by atoms with van der Waals surface area (Å²) in [5, 5.41) is 0.727. The van der Waals surface area contributed by atoms with Crippen LogP contribution in [0.3, 0.4) is 0 Å². The van der Waals surface area contributed by atoms with Crippen LogP contribution in [0.2, 0.25) is 5.02 Å². The van der Waals surface area contributed by atoms with Crippen LogP contribution >= 0.6 is 11.6 Å². The number of hydrogen-bond donors (Lipinski definition) is 1. The van der Waals surface area contributed by atoms with Gasteiger partial charge in [0.15, 0.2) is 0 Å². The van der Waals surface area contributed by atoms with Gasteiger partial charge < -0.3 is 10.5 Å². The molecule has 2 N–H and O–H groups in total. The summed E-state index contributed by atoms with van der Waals surface area (Å²) >= 11 is 6.10. The molecule has 0 radical (unpaired) electrons. The molecule has 100 valence electrons. The molecule has 0 amide bonds. The SMILES string of the molecule is CCC1(C(N)c2cc(Cl)ccc2OC)CCCC1. The molecule has 0 saturated heterocycles. The van der Waals surface area contributed by atoms with E-state index in [1.807, 2.05) is 18.2 Å². The zero-order chi connectivity index (χ0) is 13.2. The Balaban J connectivity index is 2.37. The van der Waals surface area contributed by atoms with Gasteiger partial charge in [-0.2, -0.15) is 0 Å². The number of halogens is 1. The molecular formula is C15H22ClNO. The molecule has 18 heavy (non-hydrogen) atoms. The van der Waals surface area contributed by atoms with Crippen molar-refractivity contribution in [2.75, 3.05) is 7.11 Å². The highest BCUT2D eigenvalue weighted by molar-refractivity contribution is 6.30. The summed E-state index contributed by atoms with van der Waals surface area (Å²) in [5.74, 6) is 0.853. The van der Waals surface area contributed by atoms with Gasteiger partial charge in [-0.3, -0.25) is 0 Å². The van der Waals surface area contributed by atoms with Crippen LogP contribution in [0.15, 0.2) is 18.2 Å². The number of benzene rings is 1. The molecule has 0 bridgehead atoms. The first-order valence-corrected chi connectivity index (χ1v) is 7.10. The Morgan fingerprint density at radius 2 is 2.06 bits per heavy atom. The van der Waals surface area contributed by atoms with Crippen molar-refractivity contribution in [1.29, 1.82) is 0 Å². The van der Waals surface area contributed by atoms with Gasteiger partial charge in [0, 0.05) is 16.6 Å². The Morgan fingerprint density at radius 1 is 1.39 bits per heavy atom. The lowest BCUT2D eigenvalue weighted by atomic mass is 9.74. The van der Waals surface area contributed by atoms with Crippen molar-refractivity contribution in [2.24, 2.45) is 11.1 Å². The van der Waals surface area contributed by atoms with Gasteiger partial charge in [0.1, 0.15) is 5.75 Å². The summed E-state index contributed by atoms with van der Waals surface area (Å²) < 4.78 is 5.43. The fourth-order valence-electron chi connectivity index (χ4n) is 3.24. The molecular weight excluding hydrogens is 246 g/mol. The van der Waals surface area contributed by atoms with Crippen LogP contribution in [0.5, 0.6) is 5.75 Å². The van der Waals surface area contributed by atoms with Crippen LogP contribution in [-0.4, -0.2) is 7.11 Å². The fourth-order valence-corrected chi connectivity index (χ4v) is 3.42. The third-order valence-electron chi connectivity index (χ3n) is 4.49. The normalized spacial score (nSPS) is 19.8. The maximum atomic E-state index is 6.55. The van der Waals surface area contributed by atoms with Gasteiger partial charge in [0.05, 0.1) is 7.11 Å². The molecule has 1 aliphatic rings. The molecule has 1 saturated carbocycles. The standard InChI is InChI=1S/C15H22ClNO/c1-3-15(8-4-5-9-15)14(17)12-10-11(16)6-7-13(12)18-2/h6-7,10,14H,3-5,8-9,17H2,1-2H3. The molecule has 0 heterocycles. The Kier molecular flexibility index (Phi) is 4.18. The average molecular weight is 268 g/mol. The van der Waals surface area contributed by atoms with Crippen molar-refractivity contribution in [3.63, 3.8) is 0 Å². The van der Waals surface area contributed by atoms with Crippen LogP contribution in [0.4, 0.5) is 0 Å². The topological polar surface area (TPSA) is 35.2 Å². The first kappa shape index (κ1) is 13.7. The first-order chi connectivity index (χ1) is 8.63. The van der Waals surface area contributed by atoms with E-state index in [-0.39, 0.29) is 11.5 Å². The number of methoxy groups -OCH3 is 1. The molecule has 0 spiro atoms. The van der Waals surface area contributed by atoms with Crippen molar-refractivity contribution < 1.29 is 4.74 Å². The third-order valence-corrected chi connectivity index (χ3v) is 4.73. The van der Waals surface area contributed by atoms with Gasteiger partial charge in [0.25, 0.3) is 0 Å². The van der Waals surface area contributed by atoms with Crippen molar-refractivity contribution in [3.8, 4) is 5.75 Å². The van der Waals surface area contributed by atoms with Crippen LogP contribution in [0.25, 0.3) is 0 Å². The molecule has 1 aliphatic carbocycles. The van der Waals surface area contributed by atoms with E-state index in [2.05, 4.69) is 6.92 Å².